The fraction of sp³-hybridized carbons (Fsp3) is 0.571. The number of alkyl halides is 3. The number of rotatable bonds is 10. The van der Waals surface area contributed by atoms with Gasteiger partial charge in [0.1, 0.15) is 18.1 Å². The largest absolute Gasteiger partial charge is 0.421 e. The van der Waals surface area contributed by atoms with Crippen molar-refractivity contribution in [3.8, 4) is 0 Å². The molecule has 2 amide bonds. The summed E-state index contributed by atoms with van der Waals surface area (Å²) in [7, 11) is 0. The summed E-state index contributed by atoms with van der Waals surface area (Å²) in [4.78, 5) is 37.1. The van der Waals surface area contributed by atoms with E-state index in [0.717, 1.165) is 19.6 Å². The lowest BCUT2D eigenvalue weighted by molar-refractivity contribution is -0.125. The molecule has 1 heterocycles. The van der Waals surface area contributed by atoms with Crippen LogP contribution in [0.2, 0.25) is 0 Å². The lowest BCUT2D eigenvalue weighted by Crippen LogP contribution is -2.48. The molecular weight excluding hydrogens is 523 g/mol. The van der Waals surface area contributed by atoms with Gasteiger partial charge in [-0.25, -0.2) is 4.99 Å². The number of nitrogens with zero attached hydrogens (tertiary/aromatic N) is 4. The third-order valence-corrected chi connectivity index (χ3v) is 7.15. The fourth-order valence-electron chi connectivity index (χ4n) is 4.97. The maximum atomic E-state index is 13.9. The van der Waals surface area contributed by atoms with Crippen molar-refractivity contribution in [1.82, 2.24) is 20.4 Å². The monoisotopic (exact) mass is 563 g/mol. The zero-order chi connectivity index (χ0) is 29.3. The predicted molar refractivity (Wildman–Crippen MR) is 152 cm³/mol. The van der Waals surface area contributed by atoms with Crippen LogP contribution in [0.1, 0.15) is 50.4 Å². The summed E-state index contributed by atoms with van der Waals surface area (Å²) in [6, 6.07) is 6.21. The number of benzene rings is 1. The van der Waals surface area contributed by atoms with Crippen LogP contribution in [0.4, 0.5) is 18.9 Å². The Labute approximate surface area is 234 Å². The molecule has 0 aromatic heterocycles. The van der Waals surface area contributed by atoms with Crippen molar-refractivity contribution in [1.29, 1.82) is 0 Å². The summed E-state index contributed by atoms with van der Waals surface area (Å²) in [5.41, 5.74) is 0.0841. The molecule has 2 atom stereocenters. The van der Waals surface area contributed by atoms with Gasteiger partial charge in [-0.1, -0.05) is 13.3 Å². The van der Waals surface area contributed by atoms with Crippen molar-refractivity contribution in [2.75, 3.05) is 44.7 Å². The number of halogens is 3. The van der Waals surface area contributed by atoms with Gasteiger partial charge in [0.05, 0.1) is 5.92 Å². The first-order valence-corrected chi connectivity index (χ1v) is 13.7. The molecule has 1 saturated carbocycles. The van der Waals surface area contributed by atoms with E-state index >= 15 is 0 Å². The molecule has 2 fully saturated rings. The third-order valence-electron chi connectivity index (χ3n) is 7.15. The highest BCUT2D eigenvalue weighted by Crippen LogP contribution is 2.30. The van der Waals surface area contributed by atoms with Crippen molar-refractivity contribution in [2.45, 2.75) is 58.3 Å². The number of carbonyl (C=O) groups excluding carboxylic acids is 2. The number of amides is 2. The number of nitrogens with one attached hydrogen (secondary N) is 3. The molecule has 1 aromatic rings. The molecule has 1 saturated heterocycles. The molecule has 1 aromatic carbocycles. The molecule has 9 nitrogen and oxygen atoms in total. The Morgan fingerprint density at radius 2 is 1.80 bits per heavy atom. The van der Waals surface area contributed by atoms with Crippen LogP contribution >= 0.6 is 0 Å². The Morgan fingerprint density at radius 3 is 2.38 bits per heavy atom. The quantitative estimate of drug-likeness (QED) is 0.298. The van der Waals surface area contributed by atoms with Crippen LogP contribution in [0.3, 0.4) is 0 Å². The molecule has 0 bridgehead atoms. The van der Waals surface area contributed by atoms with Crippen molar-refractivity contribution < 1.29 is 22.8 Å². The average molecular weight is 564 g/mol. The zero-order valence-corrected chi connectivity index (χ0v) is 23.4. The Morgan fingerprint density at radius 1 is 1.12 bits per heavy atom. The number of hydrogen-bond donors (Lipinski definition) is 3. The molecule has 1 aliphatic heterocycles. The summed E-state index contributed by atoms with van der Waals surface area (Å²) in [6.45, 7) is 12.8. The van der Waals surface area contributed by atoms with Gasteiger partial charge in [0.15, 0.2) is 0 Å². The van der Waals surface area contributed by atoms with Crippen LogP contribution in [0.25, 0.3) is 0 Å². The van der Waals surface area contributed by atoms with E-state index in [2.05, 4.69) is 44.5 Å². The molecule has 2 aliphatic rings. The SMILES string of the molecule is C=N/C=C(\C(=N/CNc1ccc(C(=O)N2CCN(CC)CC2)cc1)NC1CCCC1C(=O)NC(C)C)C(F)(F)F. The standard InChI is InChI=1S/C28H40F3N7O2/c1-5-37-13-15-38(16-14-37)27(40)20-9-11-21(12-10-20)33-18-34-25(23(17-32-4)28(29,30)31)36-24-8-6-7-22(24)26(39)35-19(2)3/h9-12,17,19,22,24,33H,4-8,13-16,18H2,1-3H3,(H,34,36)(H,35,39)/b23-17+. The molecule has 0 spiro atoms. The first-order chi connectivity index (χ1) is 19.0. The molecule has 12 heteroatoms. The van der Waals surface area contributed by atoms with Gasteiger partial charge in [-0.2, -0.15) is 13.2 Å². The van der Waals surface area contributed by atoms with Crippen LogP contribution in [-0.2, 0) is 4.79 Å². The smallest absolute Gasteiger partial charge is 0.366 e. The maximum Gasteiger partial charge on any atom is 0.421 e. The van der Waals surface area contributed by atoms with Crippen molar-refractivity contribution in [3.05, 3.63) is 41.6 Å². The highest BCUT2D eigenvalue weighted by Gasteiger charge is 2.40. The number of carbonyl (C=O) groups is 2. The van der Waals surface area contributed by atoms with Crippen LogP contribution in [-0.4, -0.2) is 91.8 Å². The summed E-state index contributed by atoms with van der Waals surface area (Å²) in [5.74, 6) is -1.11. The van der Waals surface area contributed by atoms with Crippen molar-refractivity contribution >= 4 is 30.1 Å². The second kappa shape index (κ2) is 14.3. The molecular formula is C28H40F3N7O2. The lowest BCUT2D eigenvalue weighted by Gasteiger charge is -2.34. The third kappa shape index (κ3) is 8.54. The molecule has 40 heavy (non-hydrogen) atoms. The molecule has 3 N–H and O–H groups in total. The maximum absolute atomic E-state index is 13.9. The minimum atomic E-state index is -4.73. The summed E-state index contributed by atoms with van der Waals surface area (Å²) < 4.78 is 41.7. The summed E-state index contributed by atoms with van der Waals surface area (Å²) in [6.07, 6.45) is -2.27. The molecule has 1 aliphatic carbocycles. The Hall–Kier alpha value is -3.41. The van der Waals surface area contributed by atoms with Gasteiger partial charge in [0.25, 0.3) is 5.91 Å². The zero-order valence-electron chi connectivity index (χ0n) is 23.4. The Bertz CT molecular complexity index is 1080. The minimum Gasteiger partial charge on any atom is -0.366 e. The van der Waals surface area contributed by atoms with Crippen LogP contribution in [0.5, 0.6) is 0 Å². The summed E-state index contributed by atoms with van der Waals surface area (Å²) in [5, 5.41) is 8.72. The number of amidine groups is 1. The van der Waals surface area contributed by atoms with Gasteiger partial charge in [-0.15, -0.1) is 0 Å². The number of likely N-dealkylation sites (N-methyl/N-ethyl adjacent to an activating group) is 1. The van der Waals surface area contributed by atoms with Gasteiger partial charge in [-0.05, 0) is 64.2 Å². The number of aliphatic imine (C=N–C) groups is 2. The summed E-state index contributed by atoms with van der Waals surface area (Å²) >= 11 is 0. The first kappa shape index (κ1) is 31.1. The fourth-order valence-corrected chi connectivity index (χ4v) is 4.97. The number of piperazine rings is 1. The first-order valence-electron chi connectivity index (χ1n) is 13.7. The van der Waals surface area contributed by atoms with Gasteiger partial charge < -0.3 is 25.8 Å². The molecule has 2 unspecified atom stereocenters. The van der Waals surface area contributed by atoms with E-state index in [-0.39, 0.29) is 24.5 Å². The van der Waals surface area contributed by atoms with E-state index in [1.54, 1.807) is 24.3 Å². The average Bonchev–Trinajstić information content (AvgIpc) is 3.38. The van der Waals surface area contributed by atoms with E-state index in [0.29, 0.717) is 49.8 Å². The topological polar surface area (TPSA) is 101 Å². The highest BCUT2D eigenvalue weighted by molar-refractivity contribution is 6.00. The van der Waals surface area contributed by atoms with E-state index < -0.39 is 29.5 Å². The molecule has 0 radical (unpaired) electrons. The molecule has 3 rings (SSSR count). The van der Waals surface area contributed by atoms with Gasteiger partial charge >= 0.3 is 6.18 Å². The Balaban J connectivity index is 1.70. The van der Waals surface area contributed by atoms with Crippen LogP contribution in [0, 0.1) is 5.92 Å². The minimum absolute atomic E-state index is 0.0451. The van der Waals surface area contributed by atoms with Gasteiger partial charge in [0.2, 0.25) is 5.91 Å². The van der Waals surface area contributed by atoms with E-state index in [1.165, 1.54) is 0 Å². The van der Waals surface area contributed by atoms with Crippen LogP contribution in [0.15, 0.2) is 46.0 Å². The molecule has 220 valence electrons. The van der Waals surface area contributed by atoms with Gasteiger partial charge in [-0.3, -0.25) is 14.6 Å². The van der Waals surface area contributed by atoms with Crippen LogP contribution < -0.4 is 16.0 Å². The number of hydrogen-bond acceptors (Lipinski definition) is 6. The second-order valence-corrected chi connectivity index (χ2v) is 10.3. The normalized spacial score (nSPS) is 20.9. The second-order valence-electron chi connectivity index (χ2n) is 10.3. The van der Waals surface area contributed by atoms with E-state index in [1.807, 2.05) is 18.7 Å². The van der Waals surface area contributed by atoms with Gasteiger partial charge in [0, 0.05) is 55.7 Å². The van der Waals surface area contributed by atoms with Crippen molar-refractivity contribution in [2.24, 2.45) is 15.9 Å². The Kier molecular flexibility index (Phi) is 11.1. The van der Waals surface area contributed by atoms with Crippen molar-refractivity contribution in [3.63, 3.8) is 0 Å². The predicted octanol–water partition coefficient (Wildman–Crippen LogP) is 3.66. The van der Waals surface area contributed by atoms with E-state index in [9.17, 15) is 22.8 Å². The van der Waals surface area contributed by atoms with E-state index in [4.69, 9.17) is 0 Å². The highest BCUT2D eigenvalue weighted by atomic mass is 19.4. The lowest BCUT2D eigenvalue weighted by atomic mass is 10.0. The number of anilines is 1.